The van der Waals surface area contributed by atoms with Crippen LogP contribution in [0, 0.1) is 13.8 Å². The number of nitrogens with zero attached hydrogens (tertiary/aromatic N) is 3. The minimum atomic E-state index is 0.391. The molecule has 1 N–H and O–H groups in total. The normalized spacial score (nSPS) is 19.2. The highest BCUT2D eigenvalue weighted by atomic mass is 15.4. The summed E-state index contributed by atoms with van der Waals surface area (Å²) in [6, 6.07) is 1.12. The first-order valence-corrected chi connectivity index (χ1v) is 6.30. The average Bonchev–Trinajstić information content (AvgIpc) is 2.84. The maximum absolute atomic E-state index is 4.42. The van der Waals surface area contributed by atoms with Gasteiger partial charge in [0, 0.05) is 12.6 Å². The molecule has 1 aliphatic rings. The highest BCUT2D eigenvalue weighted by molar-refractivity contribution is 4.90. The van der Waals surface area contributed by atoms with Crippen LogP contribution < -0.4 is 5.32 Å². The molecule has 1 aromatic rings. The quantitative estimate of drug-likeness (QED) is 0.847. The molecule has 16 heavy (non-hydrogen) atoms. The summed E-state index contributed by atoms with van der Waals surface area (Å²) in [6.45, 7) is 7.16. The summed E-state index contributed by atoms with van der Waals surface area (Å²) in [5.41, 5.74) is 0. The van der Waals surface area contributed by atoms with Gasteiger partial charge in [-0.1, -0.05) is 12.8 Å². The van der Waals surface area contributed by atoms with Crippen molar-refractivity contribution in [3.05, 3.63) is 11.6 Å². The minimum Gasteiger partial charge on any atom is -0.312 e. The van der Waals surface area contributed by atoms with Gasteiger partial charge in [0.1, 0.15) is 11.6 Å². The predicted octanol–water partition coefficient (Wildman–Crippen LogP) is 1.99. The third-order valence-corrected chi connectivity index (χ3v) is 3.38. The van der Waals surface area contributed by atoms with Gasteiger partial charge in [0.15, 0.2) is 0 Å². The van der Waals surface area contributed by atoms with Crippen LogP contribution in [0.4, 0.5) is 0 Å². The maximum Gasteiger partial charge on any atom is 0.147 e. The lowest BCUT2D eigenvalue weighted by Crippen LogP contribution is -2.32. The largest absolute Gasteiger partial charge is 0.312 e. The number of hydrogen-bond donors (Lipinski definition) is 1. The van der Waals surface area contributed by atoms with E-state index in [1.54, 1.807) is 0 Å². The van der Waals surface area contributed by atoms with Crippen LogP contribution in [0.2, 0.25) is 0 Å². The van der Waals surface area contributed by atoms with Crippen LogP contribution in [0.5, 0.6) is 0 Å². The van der Waals surface area contributed by atoms with Crippen molar-refractivity contribution >= 4 is 0 Å². The van der Waals surface area contributed by atoms with Crippen LogP contribution in [0.3, 0.4) is 0 Å². The van der Waals surface area contributed by atoms with Crippen LogP contribution in [-0.2, 0) is 0 Å². The first-order chi connectivity index (χ1) is 7.66. The zero-order valence-electron chi connectivity index (χ0n) is 10.5. The summed E-state index contributed by atoms with van der Waals surface area (Å²) in [7, 11) is 0. The molecule has 1 heterocycles. The number of hydrogen-bond acceptors (Lipinski definition) is 3. The van der Waals surface area contributed by atoms with E-state index in [1.165, 1.54) is 25.7 Å². The number of nitrogens with one attached hydrogen (secondary N) is 1. The van der Waals surface area contributed by atoms with Crippen molar-refractivity contribution in [1.29, 1.82) is 0 Å². The predicted molar refractivity (Wildman–Crippen MR) is 64.5 cm³/mol. The standard InChI is InChI=1S/C12H22N4/c1-9(8-13-12-6-4-5-7-12)16-11(3)14-10(2)15-16/h9,12-13H,4-8H2,1-3H3. The van der Waals surface area contributed by atoms with Gasteiger partial charge in [-0.25, -0.2) is 9.67 Å². The van der Waals surface area contributed by atoms with Gasteiger partial charge in [0.2, 0.25) is 0 Å². The third kappa shape index (κ3) is 2.61. The molecule has 1 aromatic heterocycles. The van der Waals surface area contributed by atoms with E-state index < -0.39 is 0 Å². The molecule has 0 saturated heterocycles. The van der Waals surface area contributed by atoms with Crippen molar-refractivity contribution in [3.8, 4) is 0 Å². The molecule has 0 bridgehead atoms. The van der Waals surface area contributed by atoms with Gasteiger partial charge in [0.05, 0.1) is 6.04 Å². The number of aromatic nitrogens is 3. The Balaban J connectivity index is 1.87. The zero-order chi connectivity index (χ0) is 11.5. The van der Waals surface area contributed by atoms with Crippen LogP contribution in [-0.4, -0.2) is 27.4 Å². The average molecular weight is 222 g/mol. The van der Waals surface area contributed by atoms with Crippen molar-refractivity contribution in [2.24, 2.45) is 0 Å². The summed E-state index contributed by atoms with van der Waals surface area (Å²) in [5.74, 6) is 1.88. The third-order valence-electron chi connectivity index (χ3n) is 3.38. The fraction of sp³-hybridized carbons (Fsp3) is 0.833. The van der Waals surface area contributed by atoms with Gasteiger partial charge < -0.3 is 5.32 Å². The Kier molecular flexibility index (Phi) is 3.59. The molecular formula is C12H22N4. The Morgan fingerprint density at radius 3 is 2.62 bits per heavy atom. The molecule has 0 aromatic carbocycles. The van der Waals surface area contributed by atoms with E-state index in [9.17, 15) is 0 Å². The topological polar surface area (TPSA) is 42.7 Å². The second-order valence-corrected chi connectivity index (χ2v) is 4.89. The number of aryl methyl sites for hydroxylation is 2. The molecule has 0 radical (unpaired) electrons. The van der Waals surface area contributed by atoms with E-state index in [0.717, 1.165) is 24.2 Å². The van der Waals surface area contributed by atoms with Crippen molar-refractivity contribution in [2.75, 3.05) is 6.54 Å². The van der Waals surface area contributed by atoms with Crippen LogP contribution in [0.15, 0.2) is 0 Å². The second-order valence-electron chi connectivity index (χ2n) is 4.89. The lowest BCUT2D eigenvalue weighted by molar-refractivity contribution is 0.408. The molecule has 90 valence electrons. The molecule has 1 fully saturated rings. The van der Waals surface area contributed by atoms with Crippen molar-refractivity contribution in [1.82, 2.24) is 20.1 Å². The van der Waals surface area contributed by atoms with Gasteiger partial charge >= 0.3 is 0 Å². The molecule has 2 rings (SSSR count). The molecular weight excluding hydrogens is 200 g/mol. The summed E-state index contributed by atoms with van der Waals surface area (Å²) >= 11 is 0. The Morgan fingerprint density at radius 2 is 2.06 bits per heavy atom. The van der Waals surface area contributed by atoms with Crippen molar-refractivity contribution in [2.45, 2.75) is 58.5 Å². The monoisotopic (exact) mass is 222 g/mol. The zero-order valence-corrected chi connectivity index (χ0v) is 10.5. The first kappa shape index (κ1) is 11.6. The fourth-order valence-electron chi connectivity index (χ4n) is 2.51. The molecule has 1 atom stereocenters. The molecule has 1 unspecified atom stereocenters. The van der Waals surface area contributed by atoms with Gasteiger partial charge in [-0.15, -0.1) is 0 Å². The lowest BCUT2D eigenvalue weighted by atomic mass is 10.2. The van der Waals surface area contributed by atoms with Crippen LogP contribution in [0.1, 0.15) is 50.3 Å². The summed E-state index contributed by atoms with van der Waals surface area (Å²) in [4.78, 5) is 4.34. The summed E-state index contributed by atoms with van der Waals surface area (Å²) in [6.07, 6.45) is 5.44. The number of rotatable bonds is 4. The first-order valence-electron chi connectivity index (χ1n) is 6.30. The summed E-state index contributed by atoms with van der Waals surface area (Å²) < 4.78 is 2.03. The molecule has 4 nitrogen and oxygen atoms in total. The molecule has 0 aliphatic heterocycles. The highest BCUT2D eigenvalue weighted by Gasteiger charge is 2.16. The van der Waals surface area contributed by atoms with Crippen LogP contribution >= 0.6 is 0 Å². The Morgan fingerprint density at radius 1 is 1.38 bits per heavy atom. The van der Waals surface area contributed by atoms with E-state index in [0.29, 0.717) is 6.04 Å². The Hall–Kier alpha value is -0.900. The van der Waals surface area contributed by atoms with Gasteiger partial charge in [-0.2, -0.15) is 5.10 Å². The lowest BCUT2D eigenvalue weighted by Gasteiger charge is -2.17. The maximum atomic E-state index is 4.42. The summed E-state index contributed by atoms with van der Waals surface area (Å²) in [5, 5.41) is 8.05. The van der Waals surface area contributed by atoms with E-state index in [1.807, 2.05) is 18.5 Å². The molecule has 0 amide bonds. The van der Waals surface area contributed by atoms with Gasteiger partial charge in [0.25, 0.3) is 0 Å². The van der Waals surface area contributed by atoms with Crippen LogP contribution in [0.25, 0.3) is 0 Å². The molecule has 4 heteroatoms. The Labute approximate surface area is 97.5 Å². The van der Waals surface area contributed by atoms with E-state index in [-0.39, 0.29) is 0 Å². The fourth-order valence-corrected chi connectivity index (χ4v) is 2.51. The Bertz CT molecular complexity index is 339. The SMILES string of the molecule is Cc1nc(C)n(C(C)CNC2CCCC2)n1. The van der Waals surface area contributed by atoms with Crippen molar-refractivity contribution < 1.29 is 0 Å². The molecule has 1 aliphatic carbocycles. The molecule has 1 saturated carbocycles. The van der Waals surface area contributed by atoms with Crippen molar-refractivity contribution in [3.63, 3.8) is 0 Å². The van der Waals surface area contributed by atoms with Gasteiger partial charge in [-0.05, 0) is 33.6 Å². The van der Waals surface area contributed by atoms with E-state index >= 15 is 0 Å². The second kappa shape index (κ2) is 4.95. The highest BCUT2D eigenvalue weighted by Crippen LogP contribution is 2.18. The van der Waals surface area contributed by atoms with Gasteiger partial charge in [-0.3, -0.25) is 0 Å². The smallest absolute Gasteiger partial charge is 0.147 e. The molecule has 0 spiro atoms. The van der Waals surface area contributed by atoms with E-state index in [2.05, 4.69) is 22.3 Å². The van der Waals surface area contributed by atoms with E-state index in [4.69, 9.17) is 0 Å². The minimum absolute atomic E-state index is 0.391.